The molecule has 0 bridgehead atoms. The molecule has 7 heteroatoms. The monoisotopic (exact) mass is 250 g/mol. The van der Waals surface area contributed by atoms with Gasteiger partial charge in [0.05, 0.1) is 6.54 Å². The van der Waals surface area contributed by atoms with Crippen molar-refractivity contribution in [3.05, 3.63) is 29.8 Å². The first kappa shape index (κ1) is 12.2. The quantitative estimate of drug-likeness (QED) is 0.579. The first-order valence-electron chi connectivity index (χ1n) is 5.36. The van der Waals surface area contributed by atoms with Crippen LogP contribution in [0.4, 0.5) is 0 Å². The van der Waals surface area contributed by atoms with E-state index in [0.717, 1.165) is 5.82 Å². The minimum Gasteiger partial charge on any atom is -0.504 e. The Morgan fingerprint density at radius 1 is 1.17 bits per heavy atom. The molecule has 2 rings (SSSR count). The van der Waals surface area contributed by atoms with Crippen molar-refractivity contribution in [3.8, 4) is 17.2 Å². The number of nitrogens with one attached hydrogen (secondary N) is 1. The summed E-state index contributed by atoms with van der Waals surface area (Å²) in [6.07, 6.45) is 1.60. The van der Waals surface area contributed by atoms with Gasteiger partial charge in [-0.25, -0.2) is 0 Å². The van der Waals surface area contributed by atoms with Gasteiger partial charge in [0.1, 0.15) is 12.2 Å². The molecule has 1 heterocycles. The summed E-state index contributed by atoms with van der Waals surface area (Å²) in [5.74, 6) is -0.407. The Morgan fingerprint density at radius 2 is 1.94 bits per heavy atom. The zero-order valence-electron chi connectivity index (χ0n) is 9.83. The van der Waals surface area contributed by atoms with Crippen molar-refractivity contribution < 1.29 is 15.3 Å². The molecule has 0 amide bonds. The van der Waals surface area contributed by atoms with Gasteiger partial charge < -0.3 is 25.2 Å². The lowest BCUT2D eigenvalue weighted by molar-refractivity contribution is 0.364. The van der Waals surface area contributed by atoms with Crippen LogP contribution >= 0.6 is 0 Å². The fourth-order valence-corrected chi connectivity index (χ4v) is 1.53. The molecular formula is C11H14N4O3. The molecular weight excluding hydrogens is 236 g/mol. The topological polar surface area (TPSA) is 103 Å². The van der Waals surface area contributed by atoms with Crippen molar-refractivity contribution in [1.29, 1.82) is 0 Å². The number of phenolic OH excluding ortho intramolecular Hbond substituents is 3. The number of hydrogen-bond donors (Lipinski definition) is 4. The van der Waals surface area contributed by atoms with Crippen molar-refractivity contribution in [2.45, 2.75) is 13.1 Å². The van der Waals surface area contributed by atoms with E-state index in [0.29, 0.717) is 18.7 Å². The highest BCUT2D eigenvalue weighted by Crippen LogP contribution is 2.36. The van der Waals surface area contributed by atoms with E-state index in [1.807, 2.05) is 7.05 Å². The van der Waals surface area contributed by atoms with E-state index in [4.69, 9.17) is 0 Å². The Kier molecular flexibility index (Phi) is 3.33. The lowest BCUT2D eigenvalue weighted by Crippen LogP contribution is -2.15. The average Bonchev–Trinajstić information content (AvgIpc) is 2.75. The zero-order chi connectivity index (χ0) is 13.1. The van der Waals surface area contributed by atoms with Gasteiger partial charge in [-0.1, -0.05) is 6.07 Å². The molecule has 0 aliphatic heterocycles. The fraction of sp³-hybridized carbons (Fsp3) is 0.273. The van der Waals surface area contributed by atoms with Crippen LogP contribution in [0.3, 0.4) is 0 Å². The molecule has 0 fully saturated rings. The lowest BCUT2D eigenvalue weighted by Gasteiger charge is -2.08. The summed E-state index contributed by atoms with van der Waals surface area (Å²) in [4.78, 5) is 0. The summed E-state index contributed by atoms with van der Waals surface area (Å²) >= 11 is 0. The van der Waals surface area contributed by atoms with Gasteiger partial charge >= 0.3 is 0 Å². The Labute approximate surface area is 103 Å². The number of aromatic nitrogens is 3. The average molecular weight is 250 g/mol. The number of benzene rings is 1. The Bertz CT molecular complexity index is 553. The van der Waals surface area contributed by atoms with Crippen LogP contribution in [0.2, 0.25) is 0 Å². The van der Waals surface area contributed by atoms with Crippen LogP contribution < -0.4 is 5.32 Å². The third-order valence-electron chi connectivity index (χ3n) is 2.62. The first-order valence-corrected chi connectivity index (χ1v) is 5.36. The van der Waals surface area contributed by atoms with E-state index in [-0.39, 0.29) is 11.5 Å². The van der Waals surface area contributed by atoms with Gasteiger partial charge in [-0.15, -0.1) is 10.2 Å². The van der Waals surface area contributed by atoms with Crippen LogP contribution in [0.15, 0.2) is 18.5 Å². The highest BCUT2D eigenvalue weighted by molar-refractivity contribution is 5.52. The van der Waals surface area contributed by atoms with Gasteiger partial charge in [0.2, 0.25) is 5.75 Å². The van der Waals surface area contributed by atoms with Gasteiger partial charge in [0.25, 0.3) is 0 Å². The molecule has 2 aromatic rings. The van der Waals surface area contributed by atoms with E-state index < -0.39 is 5.75 Å². The van der Waals surface area contributed by atoms with E-state index in [9.17, 15) is 15.3 Å². The zero-order valence-corrected chi connectivity index (χ0v) is 9.83. The predicted molar refractivity (Wildman–Crippen MR) is 63.0 cm³/mol. The molecule has 0 saturated carbocycles. The van der Waals surface area contributed by atoms with E-state index in [2.05, 4.69) is 15.5 Å². The minimum absolute atomic E-state index is 0.319. The van der Waals surface area contributed by atoms with Crippen molar-refractivity contribution in [1.82, 2.24) is 20.1 Å². The standard InChI is InChI=1S/C11H14N4O3/c1-15-6-13-14-9(15)5-12-4-7-2-3-8(16)11(18)10(7)17/h2-3,6,12,16-18H,4-5H2,1H3. The van der Waals surface area contributed by atoms with E-state index in [1.165, 1.54) is 12.1 Å². The largest absolute Gasteiger partial charge is 0.504 e. The van der Waals surface area contributed by atoms with Crippen molar-refractivity contribution in [3.63, 3.8) is 0 Å². The van der Waals surface area contributed by atoms with Gasteiger partial charge in [-0.05, 0) is 6.07 Å². The molecule has 0 saturated heterocycles. The molecule has 0 atom stereocenters. The number of aromatic hydroxyl groups is 3. The molecule has 0 aliphatic carbocycles. The maximum atomic E-state index is 9.61. The number of hydrogen-bond acceptors (Lipinski definition) is 6. The molecule has 18 heavy (non-hydrogen) atoms. The minimum atomic E-state index is -0.507. The molecule has 0 unspecified atom stereocenters. The molecule has 1 aromatic carbocycles. The van der Waals surface area contributed by atoms with Crippen LogP contribution in [-0.2, 0) is 20.1 Å². The van der Waals surface area contributed by atoms with Crippen LogP contribution in [0.1, 0.15) is 11.4 Å². The van der Waals surface area contributed by atoms with Crippen LogP contribution in [-0.4, -0.2) is 30.1 Å². The van der Waals surface area contributed by atoms with Gasteiger partial charge in [0, 0.05) is 19.2 Å². The van der Waals surface area contributed by atoms with Crippen LogP contribution in [0.25, 0.3) is 0 Å². The SMILES string of the molecule is Cn1cnnc1CNCc1ccc(O)c(O)c1O. The number of rotatable bonds is 4. The lowest BCUT2D eigenvalue weighted by atomic mass is 10.1. The highest BCUT2D eigenvalue weighted by Gasteiger charge is 2.10. The number of nitrogens with zero attached hydrogens (tertiary/aromatic N) is 3. The summed E-state index contributed by atoms with van der Waals surface area (Å²) in [7, 11) is 1.83. The fourth-order valence-electron chi connectivity index (χ4n) is 1.53. The molecule has 0 radical (unpaired) electrons. The summed E-state index contributed by atoms with van der Waals surface area (Å²) in [6, 6.07) is 2.86. The predicted octanol–water partition coefficient (Wildman–Crippen LogP) is 0.222. The van der Waals surface area contributed by atoms with Crippen molar-refractivity contribution in [2.24, 2.45) is 7.05 Å². The van der Waals surface area contributed by atoms with Gasteiger partial charge in [0.15, 0.2) is 11.5 Å². The van der Waals surface area contributed by atoms with E-state index >= 15 is 0 Å². The first-order chi connectivity index (χ1) is 8.59. The summed E-state index contributed by atoms with van der Waals surface area (Å²) in [5.41, 5.74) is 0.493. The molecule has 96 valence electrons. The normalized spacial score (nSPS) is 10.7. The Hall–Kier alpha value is -2.28. The Morgan fingerprint density at radius 3 is 2.61 bits per heavy atom. The summed E-state index contributed by atoms with van der Waals surface area (Å²) in [5, 5.41) is 38.8. The smallest absolute Gasteiger partial charge is 0.200 e. The second-order valence-electron chi connectivity index (χ2n) is 3.90. The third-order valence-corrected chi connectivity index (χ3v) is 2.62. The van der Waals surface area contributed by atoms with Gasteiger partial charge in [-0.3, -0.25) is 0 Å². The maximum absolute atomic E-state index is 9.61. The van der Waals surface area contributed by atoms with Crippen LogP contribution in [0.5, 0.6) is 17.2 Å². The molecule has 4 N–H and O–H groups in total. The molecule has 7 nitrogen and oxygen atoms in total. The molecule has 1 aromatic heterocycles. The summed E-state index contributed by atoms with van der Waals surface area (Å²) in [6.45, 7) is 0.824. The maximum Gasteiger partial charge on any atom is 0.200 e. The van der Waals surface area contributed by atoms with Crippen LogP contribution in [0, 0.1) is 0 Å². The molecule has 0 aliphatic rings. The van der Waals surface area contributed by atoms with Crippen molar-refractivity contribution >= 4 is 0 Å². The third kappa shape index (κ3) is 2.35. The molecule has 0 spiro atoms. The van der Waals surface area contributed by atoms with E-state index in [1.54, 1.807) is 10.9 Å². The number of aryl methyl sites for hydroxylation is 1. The second-order valence-corrected chi connectivity index (χ2v) is 3.90. The second kappa shape index (κ2) is 4.92. The van der Waals surface area contributed by atoms with Crippen molar-refractivity contribution in [2.75, 3.05) is 0 Å². The summed E-state index contributed by atoms with van der Waals surface area (Å²) < 4.78 is 1.78. The highest BCUT2D eigenvalue weighted by atomic mass is 16.3. The number of phenols is 3. The Balaban J connectivity index is 1.99. The van der Waals surface area contributed by atoms with Gasteiger partial charge in [-0.2, -0.15) is 0 Å².